The van der Waals surface area contributed by atoms with Crippen molar-refractivity contribution in [2.45, 2.75) is 0 Å². The minimum absolute atomic E-state index is 0.00204. The molecule has 0 saturated carbocycles. The lowest BCUT2D eigenvalue weighted by molar-refractivity contribution is 0.0443. The van der Waals surface area contributed by atoms with Gasteiger partial charge in [0, 0.05) is 32.3 Å². The molecule has 1 aliphatic heterocycles. The highest BCUT2D eigenvalue weighted by molar-refractivity contribution is 5.93. The van der Waals surface area contributed by atoms with Crippen LogP contribution >= 0.6 is 0 Å². The third-order valence-electron chi connectivity index (χ3n) is 2.63. The van der Waals surface area contributed by atoms with Crippen molar-refractivity contribution in [3.63, 3.8) is 0 Å². The molecule has 0 unspecified atom stereocenters. The fourth-order valence-electron chi connectivity index (χ4n) is 1.68. The van der Waals surface area contributed by atoms with Gasteiger partial charge in [-0.15, -0.1) is 0 Å². The van der Waals surface area contributed by atoms with Crippen LogP contribution in [0.15, 0.2) is 18.3 Å². The molecule has 1 saturated heterocycles. The largest absolute Gasteiger partial charge is 0.347 e. The van der Waals surface area contributed by atoms with Crippen LogP contribution in [0, 0.1) is 5.92 Å². The summed E-state index contributed by atoms with van der Waals surface area (Å²) >= 11 is 0. The summed E-state index contributed by atoms with van der Waals surface area (Å²) in [4.78, 5) is 13.4. The molecule has 0 aromatic carbocycles. The van der Waals surface area contributed by atoms with E-state index in [1.807, 2.05) is 19.3 Å². The molecule has 0 aliphatic carbocycles. The summed E-state index contributed by atoms with van der Waals surface area (Å²) < 4.78 is 13.9. The van der Waals surface area contributed by atoms with Crippen molar-refractivity contribution in [2.75, 3.05) is 19.8 Å². The predicted octanol–water partition coefficient (Wildman–Crippen LogP) is 1.07. The van der Waals surface area contributed by atoms with Crippen LogP contribution in [-0.2, 0) is 7.05 Å². The third-order valence-corrected chi connectivity index (χ3v) is 2.63. The SMILES string of the molecule is Cn1cccc1C(=O)N1CC(CF)C1. The Labute approximate surface area is 82.1 Å². The molecule has 2 rings (SSSR count). The normalized spacial score (nSPS) is 16.9. The molecule has 1 fully saturated rings. The molecule has 0 bridgehead atoms. The molecule has 3 nitrogen and oxygen atoms in total. The van der Waals surface area contributed by atoms with E-state index < -0.39 is 0 Å². The highest BCUT2D eigenvalue weighted by Crippen LogP contribution is 2.18. The number of likely N-dealkylation sites (tertiary alicyclic amines) is 1. The van der Waals surface area contributed by atoms with Crippen molar-refractivity contribution in [2.24, 2.45) is 13.0 Å². The van der Waals surface area contributed by atoms with E-state index in [9.17, 15) is 9.18 Å². The number of alkyl halides is 1. The lowest BCUT2D eigenvalue weighted by atomic mass is 10.0. The first kappa shape index (κ1) is 9.24. The van der Waals surface area contributed by atoms with Crippen LogP contribution in [0.25, 0.3) is 0 Å². The van der Waals surface area contributed by atoms with Crippen LogP contribution in [0.3, 0.4) is 0 Å². The second-order valence-electron chi connectivity index (χ2n) is 3.73. The van der Waals surface area contributed by atoms with Gasteiger partial charge in [-0.25, -0.2) is 0 Å². The number of carbonyl (C=O) groups excluding carboxylic acids is 1. The van der Waals surface area contributed by atoms with Crippen molar-refractivity contribution in [1.82, 2.24) is 9.47 Å². The molecular weight excluding hydrogens is 183 g/mol. The zero-order valence-corrected chi connectivity index (χ0v) is 8.11. The van der Waals surface area contributed by atoms with Gasteiger partial charge in [-0.1, -0.05) is 0 Å². The molecule has 0 radical (unpaired) electrons. The summed E-state index contributed by atoms with van der Waals surface area (Å²) in [7, 11) is 1.83. The van der Waals surface area contributed by atoms with Crippen molar-refractivity contribution in [3.05, 3.63) is 24.0 Å². The molecule has 0 spiro atoms. The molecule has 2 heterocycles. The third kappa shape index (κ3) is 1.41. The molecule has 76 valence electrons. The second kappa shape index (κ2) is 3.44. The van der Waals surface area contributed by atoms with E-state index in [0.717, 1.165) is 0 Å². The number of halogens is 1. The summed E-state index contributed by atoms with van der Waals surface area (Å²) in [5.41, 5.74) is 0.669. The molecule has 1 amide bonds. The quantitative estimate of drug-likeness (QED) is 0.694. The van der Waals surface area contributed by atoms with Gasteiger partial charge in [0.2, 0.25) is 0 Å². The Kier molecular flexibility index (Phi) is 2.27. The number of hydrogen-bond donors (Lipinski definition) is 0. The first-order valence-corrected chi connectivity index (χ1v) is 4.69. The number of amides is 1. The molecule has 0 N–H and O–H groups in total. The maximum atomic E-state index is 12.2. The van der Waals surface area contributed by atoms with E-state index >= 15 is 0 Å². The number of rotatable bonds is 2. The van der Waals surface area contributed by atoms with Gasteiger partial charge in [-0.3, -0.25) is 9.18 Å². The lowest BCUT2D eigenvalue weighted by Crippen LogP contribution is -2.51. The average molecular weight is 196 g/mol. The van der Waals surface area contributed by atoms with Crippen LogP contribution in [0.4, 0.5) is 4.39 Å². The van der Waals surface area contributed by atoms with Gasteiger partial charge in [0.25, 0.3) is 5.91 Å². The van der Waals surface area contributed by atoms with Crippen LogP contribution in [0.5, 0.6) is 0 Å². The van der Waals surface area contributed by atoms with Crippen LogP contribution in [-0.4, -0.2) is 35.1 Å². The highest BCUT2D eigenvalue weighted by atomic mass is 19.1. The average Bonchev–Trinajstić information content (AvgIpc) is 2.49. The van der Waals surface area contributed by atoms with E-state index in [1.165, 1.54) is 0 Å². The number of nitrogens with zero attached hydrogens (tertiary/aromatic N) is 2. The van der Waals surface area contributed by atoms with Crippen LogP contribution in [0.2, 0.25) is 0 Å². The maximum Gasteiger partial charge on any atom is 0.270 e. The minimum atomic E-state index is -0.323. The standard InChI is InChI=1S/C10H13FN2O/c1-12-4-2-3-9(12)10(14)13-6-8(5-11)7-13/h2-4,8H,5-7H2,1H3. The van der Waals surface area contributed by atoms with Crippen molar-refractivity contribution in [3.8, 4) is 0 Å². The van der Waals surface area contributed by atoms with Gasteiger partial charge in [0.1, 0.15) is 5.69 Å². The van der Waals surface area contributed by atoms with Crippen molar-refractivity contribution in [1.29, 1.82) is 0 Å². The number of hydrogen-bond acceptors (Lipinski definition) is 1. The van der Waals surface area contributed by atoms with E-state index in [0.29, 0.717) is 18.8 Å². The Hall–Kier alpha value is -1.32. The summed E-state index contributed by atoms with van der Waals surface area (Å²) in [6.45, 7) is 0.790. The van der Waals surface area contributed by atoms with E-state index in [4.69, 9.17) is 0 Å². The number of aryl methyl sites for hydroxylation is 1. The summed E-state index contributed by atoms with van der Waals surface area (Å²) in [5.74, 6) is 0.0569. The Bertz CT molecular complexity index is 342. The van der Waals surface area contributed by atoms with E-state index in [-0.39, 0.29) is 18.5 Å². The zero-order valence-electron chi connectivity index (χ0n) is 8.11. The number of carbonyl (C=O) groups is 1. The fraction of sp³-hybridized carbons (Fsp3) is 0.500. The summed E-state index contributed by atoms with van der Waals surface area (Å²) in [6.07, 6.45) is 1.83. The second-order valence-corrected chi connectivity index (χ2v) is 3.73. The predicted molar refractivity (Wildman–Crippen MR) is 50.8 cm³/mol. The molecule has 14 heavy (non-hydrogen) atoms. The molecule has 1 aromatic rings. The minimum Gasteiger partial charge on any atom is -0.347 e. The molecule has 4 heteroatoms. The topological polar surface area (TPSA) is 25.2 Å². The Morgan fingerprint density at radius 3 is 2.86 bits per heavy atom. The lowest BCUT2D eigenvalue weighted by Gasteiger charge is -2.37. The molecule has 0 atom stereocenters. The monoisotopic (exact) mass is 196 g/mol. The van der Waals surface area contributed by atoms with Gasteiger partial charge in [-0.2, -0.15) is 0 Å². The number of aromatic nitrogens is 1. The highest BCUT2D eigenvalue weighted by Gasteiger charge is 2.31. The van der Waals surface area contributed by atoms with Gasteiger partial charge < -0.3 is 9.47 Å². The van der Waals surface area contributed by atoms with Gasteiger partial charge in [-0.05, 0) is 12.1 Å². The first-order valence-electron chi connectivity index (χ1n) is 4.69. The molecule has 1 aromatic heterocycles. The zero-order chi connectivity index (χ0) is 10.1. The van der Waals surface area contributed by atoms with Gasteiger partial charge in [0.05, 0.1) is 6.67 Å². The van der Waals surface area contributed by atoms with E-state index in [2.05, 4.69) is 0 Å². The Balaban J connectivity index is 2.01. The maximum absolute atomic E-state index is 12.2. The van der Waals surface area contributed by atoms with Crippen molar-refractivity contribution >= 4 is 5.91 Å². The smallest absolute Gasteiger partial charge is 0.270 e. The Morgan fingerprint density at radius 2 is 2.36 bits per heavy atom. The van der Waals surface area contributed by atoms with Gasteiger partial charge >= 0.3 is 0 Å². The van der Waals surface area contributed by atoms with Crippen LogP contribution in [0.1, 0.15) is 10.5 Å². The van der Waals surface area contributed by atoms with Crippen molar-refractivity contribution < 1.29 is 9.18 Å². The van der Waals surface area contributed by atoms with Gasteiger partial charge in [0.15, 0.2) is 0 Å². The van der Waals surface area contributed by atoms with Crippen LogP contribution < -0.4 is 0 Å². The summed E-state index contributed by atoms with van der Waals surface area (Å²) in [5, 5.41) is 0. The summed E-state index contributed by atoms with van der Waals surface area (Å²) in [6, 6.07) is 3.62. The molecule has 1 aliphatic rings. The fourth-order valence-corrected chi connectivity index (χ4v) is 1.68. The Morgan fingerprint density at radius 1 is 1.64 bits per heavy atom. The first-order chi connectivity index (χ1) is 6.72. The molecular formula is C10H13FN2O. The van der Waals surface area contributed by atoms with E-state index in [1.54, 1.807) is 15.5 Å².